The third-order valence-electron chi connectivity index (χ3n) is 3.36. The van der Waals surface area contributed by atoms with Gasteiger partial charge in [0.1, 0.15) is 5.82 Å². The molecule has 0 radical (unpaired) electrons. The first kappa shape index (κ1) is 12.8. The van der Waals surface area contributed by atoms with Gasteiger partial charge in [0.05, 0.1) is 0 Å². The van der Waals surface area contributed by atoms with Crippen molar-refractivity contribution >= 4 is 11.6 Å². The molecule has 2 nitrogen and oxygen atoms in total. The molecule has 1 aromatic rings. The molecule has 94 valence electrons. The van der Waals surface area contributed by atoms with Gasteiger partial charge in [0.2, 0.25) is 0 Å². The molecule has 3 N–H and O–H groups in total. The number of hydrogen-bond donors (Lipinski definition) is 2. The Labute approximate surface area is 106 Å². The van der Waals surface area contributed by atoms with Crippen molar-refractivity contribution in [2.24, 2.45) is 5.73 Å². The fourth-order valence-electron chi connectivity index (χ4n) is 2.44. The minimum Gasteiger partial charge on any atom is -0.329 e. The number of hydrogen-bond acceptors (Lipinski definition) is 2. The number of rotatable bonds is 4. The van der Waals surface area contributed by atoms with Crippen molar-refractivity contribution in [3.63, 3.8) is 0 Å². The highest BCUT2D eigenvalue weighted by Gasteiger charge is 2.21. The summed E-state index contributed by atoms with van der Waals surface area (Å²) in [5.41, 5.74) is 6.31. The average Bonchev–Trinajstić information content (AvgIpc) is 2.82. The van der Waals surface area contributed by atoms with Crippen molar-refractivity contribution < 1.29 is 4.39 Å². The minimum absolute atomic E-state index is 0.142. The van der Waals surface area contributed by atoms with Crippen LogP contribution in [0.3, 0.4) is 0 Å². The van der Waals surface area contributed by atoms with Crippen molar-refractivity contribution in [1.29, 1.82) is 0 Å². The normalized spacial score (nSPS) is 18.5. The van der Waals surface area contributed by atoms with E-state index in [-0.39, 0.29) is 11.9 Å². The second kappa shape index (κ2) is 5.80. The Balaban J connectivity index is 2.13. The van der Waals surface area contributed by atoms with Crippen molar-refractivity contribution in [2.45, 2.75) is 37.8 Å². The van der Waals surface area contributed by atoms with Gasteiger partial charge in [-0.15, -0.1) is 0 Å². The summed E-state index contributed by atoms with van der Waals surface area (Å²) < 4.78 is 13.7. The van der Waals surface area contributed by atoms with E-state index in [1.165, 1.54) is 18.9 Å². The van der Waals surface area contributed by atoms with Gasteiger partial charge in [0.15, 0.2) is 0 Å². The molecule has 0 aliphatic heterocycles. The van der Waals surface area contributed by atoms with Crippen LogP contribution in [-0.4, -0.2) is 12.6 Å². The Hall–Kier alpha value is -0.640. The highest BCUT2D eigenvalue weighted by atomic mass is 35.5. The monoisotopic (exact) mass is 256 g/mol. The van der Waals surface area contributed by atoms with Gasteiger partial charge in [-0.05, 0) is 31.0 Å². The Morgan fingerprint density at radius 1 is 1.41 bits per heavy atom. The lowest BCUT2D eigenvalue weighted by Gasteiger charge is -2.22. The van der Waals surface area contributed by atoms with Crippen LogP contribution in [0.1, 0.15) is 37.3 Å². The molecule has 1 aliphatic carbocycles. The molecule has 1 aliphatic rings. The van der Waals surface area contributed by atoms with E-state index in [0.29, 0.717) is 23.2 Å². The van der Waals surface area contributed by atoms with E-state index in [2.05, 4.69) is 5.32 Å². The molecule has 0 aromatic heterocycles. The van der Waals surface area contributed by atoms with Crippen molar-refractivity contribution in [3.8, 4) is 0 Å². The summed E-state index contributed by atoms with van der Waals surface area (Å²) in [5, 5.41) is 3.98. The maximum atomic E-state index is 13.7. The predicted octanol–water partition coefficient (Wildman–Crippen LogP) is 3.01. The van der Waals surface area contributed by atoms with Crippen LogP contribution in [0.15, 0.2) is 18.2 Å². The second-order valence-corrected chi connectivity index (χ2v) is 5.04. The second-order valence-electron chi connectivity index (χ2n) is 4.60. The van der Waals surface area contributed by atoms with Gasteiger partial charge in [-0.3, -0.25) is 0 Å². The molecule has 0 heterocycles. The first-order valence-electron chi connectivity index (χ1n) is 6.12. The first-order chi connectivity index (χ1) is 8.20. The molecule has 1 fully saturated rings. The maximum Gasteiger partial charge on any atom is 0.128 e. The molecule has 0 spiro atoms. The van der Waals surface area contributed by atoms with Crippen LogP contribution >= 0.6 is 11.6 Å². The van der Waals surface area contributed by atoms with Crippen LogP contribution in [0.4, 0.5) is 4.39 Å². The van der Waals surface area contributed by atoms with E-state index in [0.717, 1.165) is 12.8 Å². The first-order valence-corrected chi connectivity index (χ1v) is 6.49. The molecule has 1 atom stereocenters. The van der Waals surface area contributed by atoms with Crippen LogP contribution in [-0.2, 0) is 0 Å². The molecule has 1 unspecified atom stereocenters. The van der Waals surface area contributed by atoms with Crippen molar-refractivity contribution in [2.75, 3.05) is 6.54 Å². The Bertz CT molecular complexity index is 378. The molecule has 0 bridgehead atoms. The maximum absolute atomic E-state index is 13.7. The minimum atomic E-state index is -0.240. The molecule has 1 aromatic carbocycles. The summed E-state index contributed by atoms with van der Waals surface area (Å²) in [6, 6.07) is 4.94. The third-order valence-corrected chi connectivity index (χ3v) is 3.60. The standard InChI is InChI=1S/C13H18ClFN2/c14-9-5-6-12(15)11(7-9)13(8-16)17-10-3-1-2-4-10/h5-7,10,13,17H,1-4,8,16H2. The van der Waals surface area contributed by atoms with Crippen LogP contribution in [0.25, 0.3) is 0 Å². The largest absolute Gasteiger partial charge is 0.329 e. The summed E-state index contributed by atoms with van der Waals surface area (Å²) >= 11 is 5.90. The number of nitrogens with one attached hydrogen (secondary N) is 1. The lowest BCUT2D eigenvalue weighted by molar-refractivity contribution is 0.431. The highest BCUT2D eigenvalue weighted by molar-refractivity contribution is 6.30. The lowest BCUT2D eigenvalue weighted by atomic mass is 10.0. The van der Waals surface area contributed by atoms with Gasteiger partial charge in [-0.25, -0.2) is 4.39 Å². The van der Waals surface area contributed by atoms with E-state index >= 15 is 0 Å². The van der Waals surface area contributed by atoms with E-state index in [1.54, 1.807) is 12.1 Å². The molecule has 0 amide bonds. The molecular weight excluding hydrogens is 239 g/mol. The van der Waals surface area contributed by atoms with E-state index in [1.807, 2.05) is 0 Å². The Morgan fingerprint density at radius 3 is 2.76 bits per heavy atom. The zero-order valence-electron chi connectivity index (χ0n) is 9.76. The van der Waals surface area contributed by atoms with E-state index < -0.39 is 0 Å². The molecular formula is C13H18ClFN2. The molecule has 17 heavy (non-hydrogen) atoms. The zero-order valence-corrected chi connectivity index (χ0v) is 10.5. The Morgan fingerprint density at radius 2 is 2.12 bits per heavy atom. The van der Waals surface area contributed by atoms with Gasteiger partial charge in [-0.1, -0.05) is 24.4 Å². The van der Waals surface area contributed by atoms with Gasteiger partial charge in [0, 0.05) is 29.2 Å². The molecule has 2 rings (SSSR count). The summed E-state index contributed by atoms with van der Waals surface area (Å²) in [7, 11) is 0. The smallest absolute Gasteiger partial charge is 0.128 e. The fraction of sp³-hybridized carbons (Fsp3) is 0.538. The summed E-state index contributed by atoms with van der Waals surface area (Å²) in [6.45, 7) is 0.383. The number of benzene rings is 1. The topological polar surface area (TPSA) is 38.0 Å². The molecule has 1 saturated carbocycles. The quantitative estimate of drug-likeness (QED) is 0.869. The summed E-state index contributed by atoms with van der Waals surface area (Å²) in [5.74, 6) is -0.240. The van der Waals surface area contributed by atoms with Gasteiger partial charge in [0.25, 0.3) is 0 Å². The van der Waals surface area contributed by atoms with Crippen LogP contribution in [0, 0.1) is 5.82 Å². The van der Waals surface area contributed by atoms with Crippen molar-refractivity contribution in [1.82, 2.24) is 5.32 Å². The van der Waals surface area contributed by atoms with Gasteiger partial charge >= 0.3 is 0 Å². The Kier molecular flexibility index (Phi) is 4.37. The van der Waals surface area contributed by atoms with Crippen LogP contribution in [0.5, 0.6) is 0 Å². The summed E-state index contributed by atoms with van der Waals surface area (Å²) in [6.07, 6.45) is 4.79. The predicted molar refractivity (Wildman–Crippen MR) is 68.6 cm³/mol. The third kappa shape index (κ3) is 3.18. The van der Waals surface area contributed by atoms with Crippen LogP contribution < -0.4 is 11.1 Å². The molecule has 0 saturated heterocycles. The zero-order chi connectivity index (χ0) is 12.3. The fourth-order valence-corrected chi connectivity index (χ4v) is 2.62. The van der Waals surface area contributed by atoms with E-state index in [4.69, 9.17) is 17.3 Å². The highest BCUT2D eigenvalue weighted by Crippen LogP contribution is 2.25. The number of halogens is 2. The number of nitrogens with two attached hydrogens (primary N) is 1. The van der Waals surface area contributed by atoms with E-state index in [9.17, 15) is 4.39 Å². The summed E-state index contributed by atoms with van der Waals surface area (Å²) in [4.78, 5) is 0. The molecule has 4 heteroatoms. The van der Waals surface area contributed by atoms with Crippen molar-refractivity contribution in [3.05, 3.63) is 34.6 Å². The van der Waals surface area contributed by atoms with Crippen LogP contribution in [0.2, 0.25) is 5.02 Å². The lowest BCUT2D eigenvalue weighted by Crippen LogP contribution is -2.35. The van der Waals surface area contributed by atoms with Gasteiger partial charge < -0.3 is 11.1 Å². The van der Waals surface area contributed by atoms with Gasteiger partial charge in [-0.2, -0.15) is 0 Å². The average molecular weight is 257 g/mol. The SMILES string of the molecule is NCC(NC1CCCC1)c1cc(Cl)ccc1F.